The standard InChI is InChI=1S/C14H16N2O4S/c17-14(18)10-5-7-16(8-6-10)21(19,20)13-9-11-3-1-2-4-12(11)15-13/h1-4,9-10,15H,5-8H2,(H,17,18). The molecule has 1 saturated heterocycles. The number of para-hydroxylation sites is 1. The number of nitrogens with one attached hydrogen (secondary N) is 1. The summed E-state index contributed by atoms with van der Waals surface area (Å²) >= 11 is 0. The van der Waals surface area contributed by atoms with Gasteiger partial charge in [-0.2, -0.15) is 4.31 Å². The van der Waals surface area contributed by atoms with Crippen LogP contribution >= 0.6 is 0 Å². The number of hydrogen-bond donors (Lipinski definition) is 2. The molecule has 1 aromatic carbocycles. The minimum Gasteiger partial charge on any atom is -0.481 e. The van der Waals surface area contributed by atoms with Crippen LogP contribution in [0, 0.1) is 5.92 Å². The van der Waals surface area contributed by atoms with Gasteiger partial charge in [-0.3, -0.25) is 4.79 Å². The van der Waals surface area contributed by atoms with Gasteiger partial charge in [0.15, 0.2) is 0 Å². The second-order valence-electron chi connectivity index (χ2n) is 5.24. The fraction of sp³-hybridized carbons (Fsp3) is 0.357. The van der Waals surface area contributed by atoms with Crippen molar-refractivity contribution in [3.8, 4) is 0 Å². The number of sulfonamides is 1. The molecule has 0 spiro atoms. The number of H-pyrrole nitrogens is 1. The Hall–Kier alpha value is -1.86. The van der Waals surface area contributed by atoms with Crippen LogP contribution in [-0.4, -0.2) is 41.9 Å². The van der Waals surface area contributed by atoms with E-state index in [1.165, 1.54) is 4.31 Å². The van der Waals surface area contributed by atoms with E-state index in [1.807, 2.05) is 24.3 Å². The summed E-state index contributed by atoms with van der Waals surface area (Å²) in [5.41, 5.74) is 0.775. The zero-order valence-electron chi connectivity index (χ0n) is 11.3. The van der Waals surface area contributed by atoms with E-state index >= 15 is 0 Å². The Morgan fingerprint density at radius 3 is 2.52 bits per heavy atom. The van der Waals surface area contributed by atoms with Crippen molar-refractivity contribution < 1.29 is 18.3 Å². The lowest BCUT2D eigenvalue weighted by Gasteiger charge is -2.28. The van der Waals surface area contributed by atoms with Gasteiger partial charge in [-0.05, 0) is 25.0 Å². The Balaban J connectivity index is 1.85. The van der Waals surface area contributed by atoms with E-state index in [0.29, 0.717) is 12.8 Å². The summed E-state index contributed by atoms with van der Waals surface area (Å²) in [7, 11) is -3.59. The number of carboxylic acids is 1. The van der Waals surface area contributed by atoms with Gasteiger partial charge in [-0.25, -0.2) is 8.42 Å². The fourth-order valence-corrected chi connectivity index (χ4v) is 4.15. The zero-order chi connectivity index (χ0) is 15.0. The molecular formula is C14H16N2O4S. The van der Waals surface area contributed by atoms with Crippen molar-refractivity contribution in [3.05, 3.63) is 30.3 Å². The van der Waals surface area contributed by atoms with E-state index in [1.54, 1.807) is 6.07 Å². The monoisotopic (exact) mass is 308 g/mol. The maximum Gasteiger partial charge on any atom is 0.306 e. The largest absolute Gasteiger partial charge is 0.481 e. The fourth-order valence-electron chi connectivity index (χ4n) is 2.67. The molecule has 1 aromatic heterocycles. The molecule has 2 N–H and O–H groups in total. The first-order valence-corrected chi connectivity index (χ1v) is 8.23. The van der Waals surface area contributed by atoms with Gasteiger partial charge < -0.3 is 10.1 Å². The van der Waals surface area contributed by atoms with E-state index in [0.717, 1.165) is 10.9 Å². The van der Waals surface area contributed by atoms with Gasteiger partial charge in [-0.1, -0.05) is 18.2 Å². The number of aromatic nitrogens is 1. The van der Waals surface area contributed by atoms with Crippen molar-refractivity contribution in [3.63, 3.8) is 0 Å². The molecule has 1 fully saturated rings. The van der Waals surface area contributed by atoms with E-state index in [2.05, 4.69) is 4.98 Å². The number of hydrogen-bond acceptors (Lipinski definition) is 3. The first kappa shape index (κ1) is 14.1. The molecule has 0 radical (unpaired) electrons. The smallest absolute Gasteiger partial charge is 0.306 e. The highest BCUT2D eigenvalue weighted by Crippen LogP contribution is 2.25. The number of aliphatic carboxylic acids is 1. The second-order valence-corrected chi connectivity index (χ2v) is 7.14. The Labute approximate surface area is 122 Å². The van der Waals surface area contributed by atoms with E-state index in [4.69, 9.17) is 5.11 Å². The van der Waals surface area contributed by atoms with Crippen LogP contribution in [0.5, 0.6) is 0 Å². The van der Waals surface area contributed by atoms with Gasteiger partial charge in [0, 0.05) is 24.0 Å². The molecule has 6 nitrogen and oxygen atoms in total. The molecule has 3 rings (SSSR count). The van der Waals surface area contributed by atoms with Crippen LogP contribution in [0.4, 0.5) is 0 Å². The molecular weight excluding hydrogens is 292 g/mol. The first-order chi connectivity index (χ1) is 9.98. The first-order valence-electron chi connectivity index (χ1n) is 6.79. The molecule has 112 valence electrons. The molecule has 2 heterocycles. The number of rotatable bonds is 3. The van der Waals surface area contributed by atoms with Gasteiger partial charge in [0.1, 0.15) is 5.03 Å². The molecule has 0 aliphatic carbocycles. The van der Waals surface area contributed by atoms with Crippen LogP contribution in [-0.2, 0) is 14.8 Å². The predicted octanol–water partition coefficient (Wildman–Crippen LogP) is 1.65. The van der Waals surface area contributed by atoms with E-state index in [9.17, 15) is 13.2 Å². The van der Waals surface area contributed by atoms with Crippen LogP contribution in [0.25, 0.3) is 10.9 Å². The molecule has 0 amide bonds. The van der Waals surface area contributed by atoms with Crippen LogP contribution in [0.3, 0.4) is 0 Å². The minimum atomic E-state index is -3.59. The number of nitrogens with zero attached hydrogens (tertiary/aromatic N) is 1. The summed E-state index contributed by atoms with van der Waals surface area (Å²) in [4.78, 5) is 13.8. The molecule has 0 atom stereocenters. The molecule has 1 aliphatic rings. The molecule has 21 heavy (non-hydrogen) atoms. The third kappa shape index (κ3) is 2.54. The number of carboxylic acid groups (broad SMARTS) is 1. The number of carbonyl (C=O) groups is 1. The summed E-state index contributed by atoms with van der Waals surface area (Å²) in [6, 6.07) is 8.99. The Kier molecular flexibility index (Phi) is 3.46. The molecule has 0 bridgehead atoms. The summed E-state index contributed by atoms with van der Waals surface area (Å²) in [5.74, 6) is -1.29. The van der Waals surface area contributed by atoms with Crippen molar-refractivity contribution in [2.45, 2.75) is 17.9 Å². The lowest BCUT2D eigenvalue weighted by molar-refractivity contribution is -0.142. The molecule has 2 aromatic rings. The van der Waals surface area contributed by atoms with Crippen LogP contribution in [0.1, 0.15) is 12.8 Å². The summed E-state index contributed by atoms with van der Waals surface area (Å²) in [6.07, 6.45) is 0.712. The van der Waals surface area contributed by atoms with Gasteiger partial charge >= 0.3 is 5.97 Å². The van der Waals surface area contributed by atoms with Gasteiger partial charge in [0.05, 0.1) is 5.92 Å². The van der Waals surface area contributed by atoms with Crippen LogP contribution in [0.15, 0.2) is 35.4 Å². The Morgan fingerprint density at radius 2 is 1.90 bits per heavy atom. The molecule has 0 saturated carbocycles. The van der Waals surface area contributed by atoms with Gasteiger partial charge in [0.25, 0.3) is 10.0 Å². The molecule has 7 heteroatoms. The third-order valence-electron chi connectivity index (χ3n) is 3.93. The quantitative estimate of drug-likeness (QED) is 0.902. The van der Waals surface area contributed by atoms with Crippen molar-refractivity contribution in [2.24, 2.45) is 5.92 Å². The highest BCUT2D eigenvalue weighted by molar-refractivity contribution is 7.89. The zero-order valence-corrected chi connectivity index (χ0v) is 12.1. The lowest BCUT2D eigenvalue weighted by Crippen LogP contribution is -2.40. The third-order valence-corrected chi connectivity index (χ3v) is 5.75. The maximum atomic E-state index is 12.6. The maximum absolute atomic E-state index is 12.6. The van der Waals surface area contributed by atoms with Crippen molar-refractivity contribution in [1.82, 2.24) is 9.29 Å². The summed E-state index contributed by atoms with van der Waals surface area (Å²) in [5, 5.41) is 9.97. The van der Waals surface area contributed by atoms with Crippen molar-refractivity contribution in [1.29, 1.82) is 0 Å². The molecule has 1 aliphatic heterocycles. The highest BCUT2D eigenvalue weighted by Gasteiger charge is 2.32. The topological polar surface area (TPSA) is 90.5 Å². The minimum absolute atomic E-state index is 0.164. The van der Waals surface area contributed by atoms with E-state index in [-0.39, 0.29) is 18.1 Å². The van der Waals surface area contributed by atoms with Gasteiger partial charge in [0.2, 0.25) is 0 Å². The molecule has 0 unspecified atom stereocenters. The Bertz CT molecular complexity index is 740. The van der Waals surface area contributed by atoms with Crippen molar-refractivity contribution in [2.75, 3.05) is 13.1 Å². The normalized spacial score (nSPS) is 18.1. The van der Waals surface area contributed by atoms with Crippen LogP contribution in [0.2, 0.25) is 0 Å². The number of aromatic amines is 1. The lowest BCUT2D eigenvalue weighted by atomic mass is 9.99. The van der Waals surface area contributed by atoms with E-state index < -0.39 is 21.9 Å². The summed E-state index contributed by atoms with van der Waals surface area (Å²) in [6.45, 7) is 0.489. The number of benzene rings is 1. The average Bonchev–Trinajstić information content (AvgIpc) is 2.92. The van der Waals surface area contributed by atoms with Crippen molar-refractivity contribution >= 4 is 26.9 Å². The SMILES string of the molecule is O=C(O)C1CCN(S(=O)(=O)c2cc3ccccc3[nH]2)CC1. The predicted molar refractivity (Wildman–Crippen MR) is 77.4 cm³/mol. The van der Waals surface area contributed by atoms with Gasteiger partial charge in [-0.15, -0.1) is 0 Å². The number of piperidine rings is 1. The van der Waals surface area contributed by atoms with Crippen LogP contribution < -0.4 is 0 Å². The summed E-state index contributed by atoms with van der Waals surface area (Å²) < 4.78 is 26.5. The number of fused-ring (bicyclic) bond motifs is 1. The highest BCUT2D eigenvalue weighted by atomic mass is 32.2. The Morgan fingerprint density at radius 1 is 1.24 bits per heavy atom. The average molecular weight is 308 g/mol. The second kappa shape index (κ2) is 5.16.